The van der Waals surface area contributed by atoms with Crippen LogP contribution in [0, 0.1) is 30.3 Å². The second-order valence-corrected chi connectivity index (χ2v) is 8.64. The summed E-state index contributed by atoms with van der Waals surface area (Å²) in [5.41, 5.74) is 3.05. The van der Waals surface area contributed by atoms with Gasteiger partial charge in [0.05, 0.1) is 16.6 Å². The second-order valence-electron chi connectivity index (χ2n) is 8.64. The van der Waals surface area contributed by atoms with Crippen molar-refractivity contribution in [3.05, 3.63) is 70.9 Å². The van der Waals surface area contributed by atoms with Gasteiger partial charge in [0.2, 0.25) is 0 Å². The summed E-state index contributed by atoms with van der Waals surface area (Å²) < 4.78 is 47.4. The fraction of sp³-hybridized carbons (Fsp3) is 0.360. The van der Waals surface area contributed by atoms with Crippen LogP contribution in [0.15, 0.2) is 36.5 Å². The van der Waals surface area contributed by atoms with Crippen LogP contribution in [0.4, 0.5) is 13.2 Å². The minimum absolute atomic E-state index is 0.217. The molecule has 166 valence electrons. The zero-order valence-electron chi connectivity index (χ0n) is 18.0. The molecule has 0 spiro atoms. The van der Waals surface area contributed by atoms with Gasteiger partial charge in [-0.2, -0.15) is 0 Å². The molecule has 1 N–H and O–H groups in total. The molecule has 5 rings (SSSR count). The number of hydrogen-bond acceptors (Lipinski definition) is 3. The molecule has 2 aromatic heterocycles. The van der Waals surface area contributed by atoms with E-state index in [1.165, 1.54) is 13.0 Å². The van der Waals surface area contributed by atoms with Crippen LogP contribution in [0.2, 0.25) is 0 Å². The molecular weight excluding hydrogens is 415 g/mol. The average molecular weight is 439 g/mol. The van der Waals surface area contributed by atoms with Crippen molar-refractivity contribution in [2.45, 2.75) is 44.6 Å². The monoisotopic (exact) mass is 439 g/mol. The highest BCUT2D eigenvalue weighted by molar-refractivity contribution is 5.82. The Bertz CT molecular complexity index is 1290. The Morgan fingerprint density at radius 2 is 1.81 bits per heavy atom. The Hall–Kier alpha value is -2.93. The van der Waals surface area contributed by atoms with Crippen molar-refractivity contribution in [3.8, 4) is 0 Å². The van der Waals surface area contributed by atoms with Crippen LogP contribution in [0.1, 0.15) is 54.7 Å². The van der Waals surface area contributed by atoms with Crippen LogP contribution in [-0.2, 0) is 4.74 Å². The minimum Gasteiger partial charge on any atom is -0.373 e. The molecule has 2 heterocycles. The first kappa shape index (κ1) is 20.9. The molecule has 0 bridgehead atoms. The number of halogens is 3. The molecule has 1 fully saturated rings. The van der Waals surface area contributed by atoms with E-state index in [0.29, 0.717) is 22.8 Å². The van der Waals surface area contributed by atoms with E-state index in [1.807, 2.05) is 6.07 Å². The number of pyridine rings is 1. The first-order valence-corrected chi connectivity index (χ1v) is 10.9. The zero-order chi connectivity index (χ0) is 22.4. The van der Waals surface area contributed by atoms with Gasteiger partial charge in [0.15, 0.2) is 11.6 Å². The summed E-state index contributed by atoms with van der Waals surface area (Å²) in [6.07, 6.45) is 5.17. The van der Waals surface area contributed by atoms with Crippen LogP contribution in [0.5, 0.6) is 0 Å². The van der Waals surface area contributed by atoms with Crippen molar-refractivity contribution in [2.75, 3.05) is 7.11 Å². The van der Waals surface area contributed by atoms with Crippen LogP contribution in [0.3, 0.4) is 0 Å². The van der Waals surface area contributed by atoms with Gasteiger partial charge in [0, 0.05) is 30.3 Å². The van der Waals surface area contributed by atoms with Crippen molar-refractivity contribution in [1.29, 1.82) is 0 Å². The number of aryl methyl sites for hydroxylation is 1. The molecule has 1 atom stereocenters. The summed E-state index contributed by atoms with van der Waals surface area (Å²) in [6, 6.07) is 7.83. The number of benzene rings is 2. The van der Waals surface area contributed by atoms with Gasteiger partial charge in [-0.25, -0.2) is 18.2 Å². The SMILES string of the molecule is COC(c1nc2cc(F)c(F)c(C)c2[nH]1)C1CCC(c2ccnc3ccc(F)cc23)CC1. The van der Waals surface area contributed by atoms with Gasteiger partial charge in [0.1, 0.15) is 17.7 Å². The molecule has 1 unspecified atom stereocenters. The maximum absolute atomic E-state index is 14.0. The highest BCUT2D eigenvalue weighted by atomic mass is 19.2. The van der Waals surface area contributed by atoms with Crippen LogP contribution in [-0.4, -0.2) is 22.1 Å². The Balaban J connectivity index is 1.38. The predicted octanol–water partition coefficient (Wildman–Crippen LogP) is 6.50. The fourth-order valence-corrected chi connectivity index (χ4v) is 5.16. The molecule has 1 aliphatic carbocycles. The number of nitrogens with one attached hydrogen (secondary N) is 1. The number of ether oxygens (including phenoxy) is 1. The van der Waals surface area contributed by atoms with Crippen LogP contribution in [0.25, 0.3) is 21.9 Å². The number of imidazole rings is 1. The van der Waals surface area contributed by atoms with Crippen molar-refractivity contribution >= 4 is 21.9 Å². The number of rotatable bonds is 4. The van der Waals surface area contributed by atoms with Gasteiger partial charge in [-0.3, -0.25) is 4.98 Å². The lowest BCUT2D eigenvalue weighted by Gasteiger charge is -2.33. The summed E-state index contributed by atoms with van der Waals surface area (Å²) in [5.74, 6) is -0.885. The molecule has 0 aliphatic heterocycles. The number of aromatic amines is 1. The molecule has 0 radical (unpaired) electrons. The molecular formula is C25H24F3N3O. The maximum atomic E-state index is 14.0. The quantitative estimate of drug-likeness (QED) is 0.395. The second kappa shape index (κ2) is 8.20. The van der Waals surface area contributed by atoms with Crippen molar-refractivity contribution in [3.63, 3.8) is 0 Å². The van der Waals surface area contributed by atoms with E-state index in [2.05, 4.69) is 15.0 Å². The molecule has 2 aromatic carbocycles. The largest absolute Gasteiger partial charge is 0.373 e. The molecule has 0 saturated heterocycles. The molecule has 7 heteroatoms. The van der Waals surface area contributed by atoms with Gasteiger partial charge in [0.25, 0.3) is 0 Å². The van der Waals surface area contributed by atoms with E-state index in [-0.39, 0.29) is 23.4 Å². The molecule has 4 nitrogen and oxygen atoms in total. The fourth-order valence-electron chi connectivity index (χ4n) is 5.16. The summed E-state index contributed by atoms with van der Waals surface area (Å²) in [6.45, 7) is 1.54. The maximum Gasteiger partial charge on any atom is 0.163 e. The van der Waals surface area contributed by atoms with Gasteiger partial charge in [-0.05, 0) is 74.3 Å². The van der Waals surface area contributed by atoms with Crippen molar-refractivity contribution < 1.29 is 17.9 Å². The number of fused-ring (bicyclic) bond motifs is 2. The van der Waals surface area contributed by atoms with Crippen LogP contribution < -0.4 is 0 Å². The van der Waals surface area contributed by atoms with Gasteiger partial charge < -0.3 is 9.72 Å². The third-order valence-electron chi connectivity index (χ3n) is 6.83. The number of aromatic nitrogens is 3. The number of methoxy groups -OCH3 is 1. The Morgan fingerprint density at radius 1 is 1.03 bits per heavy atom. The van der Waals surface area contributed by atoms with Gasteiger partial charge >= 0.3 is 0 Å². The molecule has 1 saturated carbocycles. The average Bonchev–Trinajstić information content (AvgIpc) is 3.22. The third-order valence-corrected chi connectivity index (χ3v) is 6.83. The van der Waals surface area contributed by atoms with E-state index in [0.717, 1.165) is 48.2 Å². The molecule has 0 amide bonds. The van der Waals surface area contributed by atoms with Gasteiger partial charge in [-0.1, -0.05) is 0 Å². The zero-order valence-corrected chi connectivity index (χ0v) is 18.0. The predicted molar refractivity (Wildman–Crippen MR) is 117 cm³/mol. The lowest BCUT2D eigenvalue weighted by Crippen LogP contribution is -2.22. The number of hydrogen-bond donors (Lipinski definition) is 1. The highest BCUT2D eigenvalue weighted by Crippen LogP contribution is 2.43. The lowest BCUT2D eigenvalue weighted by molar-refractivity contribution is 0.0274. The summed E-state index contributed by atoms with van der Waals surface area (Å²) in [7, 11) is 1.64. The first-order valence-electron chi connectivity index (χ1n) is 10.9. The Kier molecular flexibility index (Phi) is 5.37. The first-order chi connectivity index (χ1) is 15.5. The summed E-state index contributed by atoms with van der Waals surface area (Å²) in [4.78, 5) is 12.0. The van der Waals surface area contributed by atoms with Crippen molar-refractivity contribution in [2.24, 2.45) is 5.92 Å². The summed E-state index contributed by atoms with van der Waals surface area (Å²) >= 11 is 0. The lowest BCUT2D eigenvalue weighted by atomic mass is 9.76. The van der Waals surface area contributed by atoms with E-state index in [4.69, 9.17) is 4.74 Å². The van der Waals surface area contributed by atoms with E-state index >= 15 is 0 Å². The van der Waals surface area contributed by atoms with E-state index in [1.54, 1.807) is 25.4 Å². The Morgan fingerprint density at radius 3 is 2.56 bits per heavy atom. The number of nitrogens with zero attached hydrogens (tertiary/aromatic N) is 2. The van der Waals surface area contributed by atoms with Gasteiger partial charge in [-0.15, -0.1) is 0 Å². The minimum atomic E-state index is -0.900. The smallest absolute Gasteiger partial charge is 0.163 e. The van der Waals surface area contributed by atoms with Crippen molar-refractivity contribution in [1.82, 2.24) is 15.0 Å². The molecule has 32 heavy (non-hydrogen) atoms. The van der Waals surface area contributed by atoms with E-state index < -0.39 is 11.6 Å². The molecule has 1 aliphatic rings. The van der Waals surface area contributed by atoms with E-state index in [9.17, 15) is 13.2 Å². The Labute approximate surface area is 183 Å². The highest BCUT2D eigenvalue weighted by Gasteiger charge is 2.32. The van der Waals surface area contributed by atoms with Crippen LogP contribution >= 0.6 is 0 Å². The normalized spacial score (nSPS) is 20.2. The third kappa shape index (κ3) is 3.54. The molecule has 4 aromatic rings. The summed E-state index contributed by atoms with van der Waals surface area (Å²) in [5, 5.41) is 0.871. The standard InChI is InChI=1S/C25H24F3N3O/c1-13-22(28)19(27)12-21-23(13)31-25(30-21)24(32-2)15-5-3-14(4-6-15)17-9-10-29-20-8-7-16(26)11-18(17)20/h7-12,14-15,24H,3-6H2,1-2H3,(H,30,31). The number of H-pyrrole nitrogens is 1. The topological polar surface area (TPSA) is 50.8 Å².